The van der Waals surface area contributed by atoms with Crippen LogP contribution in [0.3, 0.4) is 0 Å². The molecular formula is C17H22N4O3. The van der Waals surface area contributed by atoms with Crippen LogP contribution < -0.4 is 20.9 Å². The first-order valence-corrected chi connectivity index (χ1v) is 7.77. The van der Waals surface area contributed by atoms with Crippen molar-refractivity contribution in [1.82, 2.24) is 15.3 Å². The van der Waals surface area contributed by atoms with Gasteiger partial charge >= 0.3 is 0 Å². The van der Waals surface area contributed by atoms with Crippen LogP contribution in [-0.4, -0.2) is 29.0 Å². The Hall–Kier alpha value is -2.83. The summed E-state index contributed by atoms with van der Waals surface area (Å²) in [5.74, 6) is 0.992. The number of H-pyrrole nitrogens is 1. The number of nitrogens with one attached hydrogen (secondary N) is 3. The van der Waals surface area contributed by atoms with E-state index in [0.717, 1.165) is 11.4 Å². The summed E-state index contributed by atoms with van der Waals surface area (Å²) in [6.45, 7) is 3.83. The largest absolute Gasteiger partial charge is 0.497 e. The molecule has 3 N–H and O–H groups in total. The molecule has 1 aromatic carbocycles. The fourth-order valence-electron chi connectivity index (χ4n) is 2.29. The SMILES string of the molecule is CC[C@@H](Nc1cccc(OC)c1)C(=O)NCc1nc(C)cc(=O)[nH]1. The first-order valence-electron chi connectivity index (χ1n) is 7.77. The van der Waals surface area contributed by atoms with E-state index in [-0.39, 0.29) is 18.0 Å². The second-order valence-electron chi connectivity index (χ2n) is 5.39. The van der Waals surface area contributed by atoms with Gasteiger partial charge in [0.05, 0.1) is 13.7 Å². The standard InChI is InChI=1S/C17H22N4O3/c1-4-14(20-12-6-5-7-13(9-12)24-3)17(23)18-10-15-19-11(2)8-16(22)21-15/h5-9,14,20H,4,10H2,1-3H3,(H,18,23)(H,19,21,22)/t14-/m1/s1. The molecule has 7 heteroatoms. The van der Waals surface area contributed by atoms with Gasteiger partial charge in [-0.2, -0.15) is 0 Å². The normalized spacial score (nSPS) is 11.6. The highest BCUT2D eigenvalue weighted by atomic mass is 16.5. The molecule has 0 saturated heterocycles. The Bertz CT molecular complexity index is 757. The Morgan fingerprint density at radius 1 is 1.38 bits per heavy atom. The number of hydrogen-bond donors (Lipinski definition) is 3. The summed E-state index contributed by atoms with van der Waals surface area (Å²) in [6, 6.07) is 8.41. The van der Waals surface area contributed by atoms with Gasteiger partial charge in [0.1, 0.15) is 17.6 Å². The van der Waals surface area contributed by atoms with E-state index in [0.29, 0.717) is 17.9 Å². The van der Waals surface area contributed by atoms with Crippen LogP contribution in [-0.2, 0) is 11.3 Å². The first-order chi connectivity index (χ1) is 11.5. The van der Waals surface area contributed by atoms with Crippen LogP contribution in [0.2, 0.25) is 0 Å². The number of hydrogen-bond acceptors (Lipinski definition) is 5. The number of carbonyl (C=O) groups is 1. The minimum Gasteiger partial charge on any atom is -0.497 e. The molecule has 2 rings (SSSR count). The summed E-state index contributed by atoms with van der Waals surface area (Å²) in [7, 11) is 1.60. The van der Waals surface area contributed by atoms with E-state index in [1.165, 1.54) is 6.07 Å². The van der Waals surface area contributed by atoms with E-state index in [1.54, 1.807) is 14.0 Å². The van der Waals surface area contributed by atoms with Gasteiger partial charge < -0.3 is 20.4 Å². The fourth-order valence-corrected chi connectivity index (χ4v) is 2.29. The molecule has 1 atom stereocenters. The molecular weight excluding hydrogens is 308 g/mol. The number of ether oxygens (including phenoxy) is 1. The predicted octanol–water partition coefficient (Wildman–Crippen LogP) is 1.59. The van der Waals surface area contributed by atoms with Crippen molar-refractivity contribution in [3.8, 4) is 5.75 Å². The molecule has 0 aliphatic rings. The quantitative estimate of drug-likeness (QED) is 0.716. The number of anilines is 1. The summed E-state index contributed by atoms with van der Waals surface area (Å²) in [5, 5.41) is 5.97. The zero-order valence-electron chi connectivity index (χ0n) is 14.1. The Balaban J connectivity index is 1.99. The molecule has 1 heterocycles. The van der Waals surface area contributed by atoms with E-state index in [4.69, 9.17) is 4.74 Å². The van der Waals surface area contributed by atoms with Gasteiger partial charge in [0.25, 0.3) is 5.56 Å². The number of methoxy groups -OCH3 is 1. The number of carbonyl (C=O) groups excluding carboxylic acids is 1. The average molecular weight is 330 g/mol. The molecule has 0 aliphatic heterocycles. The third kappa shape index (κ3) is 4.84. The maximum atomic E-state index is 12.4. The predicted molar refractivity (Wildman–Crippen MR) is 92.1 cm³/mol. The van der Waals surface area contributed by atoms with Gasteiger partial charge in [0.2, 0.25) is 5.91 Å². The van der Waals surface area contributed by atoms with Gasteiger partial charge in [-0.15, -0.1) is 0 Å². The lowest BCUT2D eigenvalue weighted by Crippen LogP contribution is -2.39. The summed E-state index contributed by atoms with van der Waals surface area (Å²) in [6.07, 6.45) is 0.612. The van der Waals surface area contributed by atoms with Gasteiger partial charge in [-0.25, -0.2) is 4.98 Å². The molecule has 1 amide bonds. The second-order valence-corrected chi connectivity index (χ2v) is 5.39. The van der Waals surface area contributed by atoms with Crippen molar-refractivity contribution in [3.05, 3.63) is 52.2 Å². The highest BCUT2D eigenvalue weighted by molar-refractivity contribution is 5.84. The molecule has 1 aromatic heterocycles. The molecule has 0 spiro atoms. The topological polar surface area (TPSA) is 96.1 Å². The lowest BCUT2D eigenvalue weighted by atomic mass is 10.2. The van der Waals surface area contributed by atoms with Crippen molar-refractivity contribution in [2.24, 2.45) is 0 Å². The van der Waals surface area contributed by atoms with Crippen molar-refractivity contribution in [2.75, 3.05) is 12.4 Å². The minimum absolute atomic E-state index is 0.163. The van der Waals surface area contributed by atoms with Crippen LogP contribution in [0.4, 0.5) is 5.69 Å². The Labute approximate surface area is 140 Å². The van der Waals surface area contributed by atoms with Crippen LogP contribution in [0.25, 0.3) is 0 Å². The molecule has 0 saturated carbocycles. The van der Waals surface area contributed by atoms with Crippen LogP contribution in [0.1, 0.15) is 24.9 Å². The maximum Gasteiger partial charge on any atom is 0.251 e. The van der Waals surface area contributed by atoms with E-state index in [2.05, 4.69) is 20.6 Å². The molecule has 0 unspecified atom stereocenters. The minimum atomic E-state index is -0.395. The summed E-state index contributed by atoms with van der Waals surface area (Å²) >= 11 is 0. The van der Waals surface area contributed by atoms with E-state index in [1.807, 2.05) is 31.2 Å². The number of aryl methyl sites for hydroxylation is 1. The van der Waals surface area contributed by atoms with Crippen LogP contribution in [0.5, 0.6) is 5.75 Å². The molecule has 0 bridgehead atoms. The molecule has 2 aromatic rings. The van der Waals surface area contributed by atoms with Crippen LogP contribution >= 0.6 is 0 Å². The number of rotatable bonds is 7. The van der Waals surface area contributed by atoms with Crippen molar-refractivity contribution in [2.45, 2.75) is 32.9 Å². The number of aromatic nitrogens is 2. The maximum absolute atomic E-state index is 12.4. The van der Waals surface area contributed by atoms with Gasteiger partial charge in [0.15, 0.2) is 0 Å². The molecule has 24 heavy (non-hydrogen) atoms. The third-order valence-corrected chi connectivity index (χ3v) is 3.48. The molecule has 128 valence electrons. The van der Waals surface area contributed by atoms with E-state index in [9.17, 15) is 9.59 Å². The van der Waals surface area contributed by atoms with Crippen LogP contribution in [0.15, 0.2) is 35.1 Å². The number of aromatic amines is 1. The van der Waals surface area contributed by atoms with Gasteiger partial charge in [-0.1, -0.05) is 13.0 Å². The highest BCUT2D eigenvalue weighted by Crippen LogP contribution is 2.18. The zero-order chi connectivity index (χ0) is 17.5. The van der Waals surface area contributed by atoms with Crippen molar-refractivity contribution < 1.29 is 9.53 Å². The summed E-state index contributed by atoms with van der Waals surface area (Å²) in [4.78, 5) is 30.6. The molecule has 0 aliphatic carbocycles. The van der Waals surface area contributed by atoms with Crippen molar-refractivity contribution in [3.63, 3.8) is 0 Å². The molecule has 7 nitrogen and oxygen atoms in total. The Morgan fingerprint density at radius 2 is 2.17 bits per heavy atom. The molecule has 0 fully saturated rings. The highest BCUT2D eigenvalue weighted by Gasteiger charge is 2.16. The summed E-state index contributed by atoms with van der Waals surface area (Å²) in [5.41, 5.74) is 1.19. The van der Waals surface area contributed by atoms with Crippen LogP contribution in [0, 0.1) is 6.92 Å². The zero-order valence-corrected chi connectivity index (χ0v) is 14.1. The van der Waals surface area contributed by atoms with Gasteiger partial charge in [0, 0.05) is 23.5 Å². The monoisotopic (exact) mass is 330 g/mol. The second kappa shape index (κ2) is 8.14. The van der Waals surface area contributed by atoms with E-state index >= 15 is 0 Å². The number of nitrogens with zero attached hydrogens (tertiary/aromatic N) is 1. The Morgan fingerprint density at radius 3 is 2.83 bits per heavy atom. The Kier molecular flexibility index (Phi) is 5.95. The van der Waals surface area contributed by atoms with Crippen molar-refractivity contribution in [1.29, 1.82) is 0 Å². The van der Waals surface area contributed by atoms with Gasteiger partial charge in [-0.3, -0.25) is 9.59 Å². The average Bonchev–Trinajstić information content (AvgIpc) is 2.57. The van der Waals surface area contributed by atoms with Gasteiger partial charge in [-0.05, 0) is 25.5 Å². The lowest BCUT2D eigenvalue weighted by Gasteiger charge is -2.18. The first kappa shape index (κ1) is 17.5. The third-order valence-electron chi connectivity index (χ3n) is 3.48. The van der Waals surface area contributed by atoms with Crippen molar-refractivity contribution >= 4 is 11.6 Å². The lowest BCUT2D eigenvalue weighted by molar-refractivity contribution is -0.122. The number of amides is 1. The van der Waals surface area contributed by atoms with E-state index < -0.39 is 6.04 Å². The fraction of sp³-hybridized carbons (Fsp3) is 0.353. The summed E-state index contributed by atoms with van der Waals surface area (Å²) < 4.78 is 5.18. The molecule has 0 radical (unpaired) electrons. The number of benzene rings is 1. The smallest absolute Gasteiger partial charge is 0.251 e.